The number of allylic oxidation sites excluding steroid dienone is 2. The van der Waals surface area contributed by atoms with Crippen molar-refractivity contribution in [2.75, 3.05) is 13.2 Å². The third-order valence-corrected chi connectivity index (χ3v) is 6.55. The molecular formula is C24H34F2O2. The molecule has 1 aliphatic carbocycles. The number of rotatable bonds is 7. The molecule has 1 saturated heterocycles. The molecule has 1 heterocycles. The molecule has 1 aliphatic heterocycles. The second-order valence-corrected chi connectivity index (χ2v) is 8.26. The van der Waals surface area contributed by atoms with Crippen molar-refractivity contribution in [2.24, 2.45) is 11.8 Å². The Balaban J connectivity index is 1.49. The Labute approximate surface area is 168 Å². The van der Waals surface area contributed by atoms with Crippen LogP contribution in [0.2, 0.25) is 0 Å². The molecule has 0 amide bonds. The summed E-state index contributed by atoms with van der Waals surface area (Å²) in [6.45, 7) is 5.02. The predicted octanol–water partition coefficient (Wildman–Crippen LogP) is 6.79. The molecule has 1 aromatic carbocycles. The lowest BCUT2D eigenvalue weighted by Gasteiger charge is -2.38. The van der Waals surface area contributed by atoms with Gasteiger partial charge >= 0.3 is 0 Å². The highest BCUT2D eigenvalue weighted by Gasteiger charge is 2.33. The highest BCUT2D eigenvalue weighted by atomic mass is 19.2. The van der Waals surface area contributed by atoms with E-state index in [4.69, 9.17) is 9.47 Å². The molecule has 0 spiro atoms. The second-order valence-electron chi connectivity index (χ2n) is 8.26. The van der Waals surface area contributed by atoms with E-state index in [0.717, 1.165) is 51.6 Å². The van der Waals surface area contributed by atoms with Gasteiger partial charge in [-0.15, -0.1) is 0 Å². The van der Waals surface area contributed by atoms with Gasteiger partial charge in [-0.05, 0) is 94.6 Å². The molecule has 0 aromatic heterocycles. The van der Waals surface area contributed by atoms with E-state index >= 15 is 0 Å². The van der Waals surface area contributed by atoms with Gasteiger partial charge < -0.3 is 9.47 Å². The van der Waals surface area contributed by atoms with Gasteiger partial charge in [-0.1, -0.05) is 18.2 Å². The molecule has 156 valence electrons. The smallest absolute Gasteiger partial charge is 0.200 e. The van der Waals surface area contributed by atoms with Gasteiger partial charge in [0.2, 0.25) is 5.82 Å². The lowest BCUT2D eigenvalue weighted by Crippen LogP contribution is -2.32. The van der Waals surface area contributed by atoms with Crippen LogP contribution in [0.15, 0.2) is 24.3 Å². The minimum Gasteiger partial charge on any atom is -0.491 e. The van der Waals surface area contributed by atoms with E-state index in [1.165, 1.54) is 6.42 Å². The average molecular weight is 393 g/mol. The van der Waals surface area contributed by atoms with E-state index in [2.05, 4.69) is 19.1 Å². The van der Waals surface area contributed by atoms with Crippen LogP contribution in [-0.4, -0.2) is 19.3 Å². The Morgan fingerprint density at radius 3 is 2.43 bits per heavy atom. The van der Waals surface area contributed by atoms with Gasteiger partial charge in [-0.25, -0.2) is 4.39 Å². The molecule has 2 atom stereocenters. The first-order valence-electron chi connectivity index (χ1n) is 11.0. The number of ether oxygens (including phenoxy) is 2. The Bertz CT molecular complexity index is 642. The van der Waals surface area contributed by atoms with Crippen LogP contribution in [0.4, 0.5) is 8.78 Å². The molecule has 4 heteroatoms. The number of hydrogen-bond donors (Lipinski definition) is 0. The fourth-order valence-corrected chi connectivity index (χ4v) is 4.91. The molecule has 2 nitrogen and oxygen atoms in total. The van der Waals surface area contributed by atoms with Gasteiger partial charge in [0.15, 0.2) is 11.6 Å². The fourth-order valence-electron chi connectivity index (χ4n) is 4.91. The van der Waals surface area contributed by atoms with Crippen molar-refractivity contribution in [3.8, 4) is 5.75 Å². The van der Waals surface area contributed by atoms with Crippen LogP contribution in [0.3, 0.4) is 0 Å². The average Bonchev–Trinajstić information content (AvgIpc) is 2.73. The van der Waals surface area contributed by atoms with E-state index < -0.39 is 11.6 Å². The minimum atomic E-state index is -0.842. The lowest BCUT2D eigenvalue weighted by molar-refractivity contribution is -0.0402. The van der Waals surface area contributed by atoms with Crippen LogP contribution in [0, 0.1) is 23.5 Å². The highest BCUT2D eigenvalue weighted by molar-refractivity contribution is 5.33. The van der Waals surface area contributed by atoms with Crippen molar-refractivity contribution in [1.29, 1.82) is 0 Å². The summed E-state index contributed by atoms with van der Waals surface area (Å²) in [5.41, 5.74) is 0.517. The Morgan fingerprint density at radius 1 is 1.04 bits per heavy atom. The number of hydrogen-bond acceptors (Lipinski definition) is 2. The zero-order valence-corrected chi connectivity index (χ0v) is 17.3. The van der Waals surface area contributed by atoms with E-state index in [1.54, 1.807) is 19.1 Å². The summed E-state index contributed by atoms with van der Waals surface area (Å²) in [5.74, 6) is -0.157. The zero-order chi connectivity index (χ0) is 19.9. The molecule has 0 N–H and O–H groups in total. The standard InChI is InChI=1S/C24H34F2O2/c1-3-5-6-7-20-13-12-19(16-28-20)17-8-10-18(11-9-17)21-14-15-22(27-4-2)24(26)23(21)25/h3,5,14-15,17-20H,4,6-13,16H2,1-2H3/b5-3+. The molecule has 1 aromatic rings. The van der Waals surface area contributed by atoms with Crippen LogP contribution in [-0.2, 0) is 4.74 Å². The van der Waals surface area contributed by atoms with Crippen molar-refractivity contribution < 1.29 is 18.3 Å². The first-order chi connectivity index (χ1) is 13.6. The van der Waals surface area contributed by atoms with Crippen LogP contribution in [0.25, 0.3) is 0 Å². The Morgan fingerprint density at radius 2 is 1.79 bits per heavy atom. The molecule has 3 rings (SSSR count). The van der Waals surface area contributed by atoms with Crippen molar-refractivity contribution in [2.45, 2.75) is 77.2 Å². The highest BCUT2D eigenvalue weighted by Crippen LogP contribution is 2.43. The van der Waals surface area contributed by atoms with E-state index in [0.29, 0.717) is 30.1 Å². The lowest BCUT2D eigenvalue weighted by atomic mass is 9.72. The van der Waals surface area contributed by atoms with Crippen molar-refractivity contribution >= 4 is 0 Å². The van der Waals surface area contributed by atoms with Crippen molar-refractivity contribution in [3.63, 3.8) is 0 Å². The van der Waals surface area contributed by atoms with Crippen molar-refractivity contribution in [3.05, 3.63) is 41.5 Å². The van der Waals surface area contributed by atoms with Crippen LogP contribution in [0.5, 0.6) is 5.75 Å². The predicted molar refractivity (Wildman–Crippen MR) is 109 cm³/mol. The molecule has 28 heavy (non-hydrogen) atoms. The molecule has 2 unspecified atom stereocenters. The first-order valence-corrected chi connectivity index (χ1v) is 11.0. The SMILES string of the molecule is C/C=C/CCC1CCC(C2CCC(c3ccc(OCC)c(F)c3F)CC2)CO1. The summed E-state index contributed by atoms with van der Waals surface area (Å²) in [6, 6.07) is 3.29. The van der Waals surface area contributed by atoms with Crippen molar-refractivity contribution in [1.82, 2.24) is 0 Å². The van der Waals surface area contributed by atoms with E-state index in [9.17, 15) is 8.78 Å². The number of halogens is 2. The molecular weight excluding hydrogens is 358 g/mol. The third-order valence-electron chi connectivity index (χ3n) is 6.55. The zero-order valence-electron chi connectivity index (χ0n) is 17.3. The fraction of sp³-hybridized carbons (Fsp3) is 0.667. The van der Waals surface area contributed by atoms with E-state index in [1.807, 2.05) is 0 Å². The summed E-state index contributed by atoms with van der Waals surface area (Å²) >= 11 is 0. The van der Waals surface area contributed by atoms with Gasteiger partial charge in [0.05, 0.1) is 19.3 Å². The largest absolute Gasteiger partial charge is 0.491 e. The molecule has 1 saturated carbocycles. The molecule has 2 fully saturated rings. The normalized spacial score (nSPS) is 28.6. The Hall–Kier alpha value is -1.42. The maximum absolute atomic E-state index is 14.5. The van der Waals surface area contributed by atoms with Gasteiger partial charge in [0, 0.05) is 0 Å². The third kappa shape index (κ3) is 5.14. The topological polar surface area (TPSA) is 18.5 Å². The van der Waals surface area contributed by atoms with Crippen LogP contribution < -0.4 is 4.74 Å². The van der Waals surface area contributed by atoms with Gasteiger partial charge in [0.25, 0.3) is 0 Å². The minimum absolute atomic E-state index is 0.0146. The summed E-state index contributed by atoms with van der Waals surface area (Å²) in [5, 5.41) is 0. The van der Waals surface area contributed by atoms with Crippen LogP contribution >= 0.6 is 0 Å². The maximum atomic E-state index is 14.5. The summed E-state index contributed by atoms with van der Waals surface area (Å²) in [6.07, 6.45) is 13.3. The monoisotopic (exact) mass is 392 g/mol. The quantitative estimate of drug-likeness (QED) is 0.476. The van der Waals surface area contributed by atoms with Gasteiger partial charge in [-0.3, -0.25) is 0 Å². The summed E-state index contributed by atoms with van der Waals surface area (Å²) < 4.78 is 40.0. The Kier molecular flexibility index (Phi) is 7.90. The molecule has 0 bridgehead atoms. The van der Waals surface area contributed by atoms with Gasteiger partial charge in [0.1, 0.15) is 0 Å². The molecule has 2 aliphatic rings. The second kappa shape index (κ2) is 10.4. The van der Waals surface area contributed by atoms with Gasteiger partial charge in [-0.2, -0.15) is 4.39 Å². The number of benzene rings is 1. The van der Waals surface area contributed by atoms with E-state index in [-0.39, 0.29) is 11.7 Å². The summed E-state index contributed by atoms with van der Waals surface area (Å²) in [4.78, 5) is 0. The maximum Gasteiger partial charge on any atom is 0.200 e. The first kappa shape index (κ1) is 21.3. The summed E-state index contributed by atoms with van der Waals surface area (Å²) in [7, 11) is 0. The molecule has 0 radical (unpaired) electrons. The van der Waals surface area contributed by atoms with Crippen LogP contribution in [0.1, 0.15) is 76.7 Å².